The van der Waals surface area contributed by atoms with Crippen LogP contribution in [-0.2, 0) is 28.6 Å². The van der Waals surface area contributed by atoms with Crippen molar-refractivity contribution in [2.45, 2.75) is 316 Å². The predicted molar refractivity (Wildman–Crippen MR) is 293 cm³/mol. The highest BCUT2D eigenvalue weighted by atomic mass is 16.6. The molecular weight excluding hydrogens is 841 g/mol. The topological polar surface area (TPSA) is 78.9 Å². The van der Waals surface area contributed by atoms with Crippen LogP contribution in [0, 0.1) is 0 Å². The fourth-order valence-corrected chi connectivity index (χ4v) is 8.63. The van der Waals surface area contributed by atoms with Crippen LogP contribution in [0.1, 0.15) is 310 Å². The minimum Gasteiger partial charge on any atom is -0.462 e. The quantitative estimate of drug-likeness (QED) is 0.0262. The number of carbonyl (C=O) groups excluding carboxylic acids is 3. The summed E-state index contributed by atoms with van der Waals surface area (Å²) < 4.78 is 16.9. The van der Waals surface area contributed by atoms with Gasteiger partial charge in [-0.1, -0.05) is 262 Å². The van der Waals surface area contributed by atoms with Gasteiger partial charge in [-0.2, -0.15) is 0 Å². The van der Waals surface area contributed by atoms with Gasteiger partial charge in [0.1, 0.15) is 13.2 Å². The molecule has 0 heterocycles. The Morgan fingerprint density at radius 3 is 0.912 bits per heavy atom. The third kappa shape index (κ3) is 54.3. The van der Waals surface area contributed by atoms with Crippen LogP contribution in [0.3, 0.4) is 0 Å². The molecule has 0 aliphatic carbocycles. The first-order valence-electron chi connectivity index (χ1n) is 29.6. The molecule has 396 valence electrons. The molecule has 1 atom stereocenters. The first-order chi connectivity index (χ1) is 33.5. The Morgan fingerprint density at radius 1 is 0.309 bits per heavy atom. The van der Waals surface area contributed by atoms with Gasteiger partial charge >= 0.3 is 17.9 Å². The summed E-state index contributed by atoms with van der Waals surface area (Å²) in [4.78, 5) is 38.1. The largest absolute Gasteiger partial charge is 0.462 e. The monoisotopic (exact) mass is 953 g/mol. The van der Waals surface area contributed by atoms with Crippen LogP contribution in [0.15, 0.2) is 48.6 Å². The summed E-state index contributed by atoms with van der Waals surface area (Å²) in [6.07, 6.45) is 69.7. The van der Waals surface area contributed by atoms with Gasteiger partial charge in [-0.25, -0.2) is 0 Å². The molecule has 0 radical (unpaired) electrons. The summed E-state index contributed by atoms with van der Waals surface area (Å²) in [7, 11) is 0. The van der Waals surface area contributed by atoms with Gasteiger partial charge in [0.2, 0.25) is 0 Å². The minimum absolute atomic E-state index is 0.0745. The zero-order valence-corrected chi connectivity index (χ0v) is 45.4. The van der Waals surface area contributed by atoms with Crippen molar-refractivity contribution in [2.75, 3.05) is 13.2 Å². The first-order valence-corrected chi connectivity index (χ1v) is 29.6. The standard InChI is InChI=1S/C62H112O6/c1-4-7-10-13-16-19-22-24-26-28-29-30-31-32-33-35-36-38-40-43-46-49-52-55-61(64)67-58-59(57-66-60(63)54-51-48-45-42-21-18-15-12-9-6-3)68-62(65)56-53-50-47-44-41-39-37-34-27-25-23-20-17-14-11-8-5-2/h8,11,17,20,25,27-29,59H,4-7,9-10,12-16,18-19,21-24,26,30-58H2,1-3H3/b11-8-,20-17-,27-25-,29-28-. The molecule has 0 fully saturated rings. The lowest BCUT2D eigenvalue weighted by atomic mass is 10.0. The van der Waals surface area contributed by atoms with E-state index in [4.69, 9.17) is 14.2 Å². The average Bonchev–Trinajstić information content (AvgIpc) is 3.34. The third-order valence-corrected chi connectivity index (χ3v) is 13.1. The summed E-state index contributed by atoms with van der Waals surface area (Å²) in [5.41, 5.74) is 0. The molecule has 0 aromatic carbocycles. The second-order valence-corrected chi connectivity index (χ2v) is 19.9. The molecule has 0 amide bonds. The van der Waals surface area contributed by atoms with Crippen molar-refractivity contribution in [2.24, 2.45) is 0 Å². The number of esters is 3. The van der Waals surface area contributed by atoms with Crippen molar-refractivity contribution in [1.82, 2.24) is 0 Å². The lowest BCUT2D eigenvalue weighted by Crippen LogP contribution is -2.30. The zero-order chi connectivity index (χ0) is 49.3. The molecule has 1 unspecified atom stereocenters. The van der Waals surface area contributed by atoms with Crippen LogP contribution in [0.2, 0.25) is 0 Å². The highest BCUT2D eigenvalue weighted by Crippen LogP contribution is 2.16. The number of hydrogen-bond donors (Lipinski definition) is 0. The van der Waals surface area contributed by atoms with Crippen LogP contribution in [-0.4, -0.2) is 37.2 Å². The van der Waals surface area contributed by atoms with Gasteiger partial charge in [-0.15, -0.1) is 0 Å². The van der Waals surface area contributed by atoms with Gasteiger partial charge in [-0.05, 0) is 77.0 Å². The van der Waals surface area contributed by atoms with Gasteiger partial charge in [0.05, 0.1) is 0 Å². The molecule has 6 heteroatoms. The molecule has 68 heavy (non-hydrogen) atoms. The minimum atomic E-state index is -0.776. The van der Waals surface area contributed by atoms with Crippen LogP contribution >= 0.6 is 0 Å². The number of ether oxygens (including phenoxy) is 3. The van der Waals surface area contributed by atoms with Crippen molar-refractivity contribution in [3.05, 3.63) is 48.6 Å². The Labute approximate surface area is 422 Å². The van der Waals surface area contributed by atoms with E-state index in [9.17, 15) is 14.4 Å². The van der Waals surface area contributed by atoms with Gasteiger partial charge in [0, 0.05) is 19.3 Å². The molecule has 0 spiro atoms. The molecular formula is C62H112O6. The third-order valence-electron chi connectivity index (χ3n) is 13.1. The van der Waals surface area contributed by atoms with E-state index in [1.165, 1.54) is 186 Å². The van der Waals surface area contributed by atoms with Crippen LogP contribution in [0.5, 0.6) is 0 Å². The van der Waals surface area contributed by atoms with E-state index in [-0.39, 0.29) is 31.1 Å². The Hall–Kier alpha value is -2.63. The summed E-state index contributed by atoms with van der Waals surface area (Å²) in [6, 6.07) is 0. The number of carbonyl (C=O) groups is 3. The van der Waals surface area contributed by atoms with Gasteiger partial charge in [-0.3, -0.25) is 14.4 Å². The van der Waals surface area contributed by atoms with Gasteiger partial charge in [0.15, 0.2) is 6.10 Å². The number of unbranched alkanes of at least 4 members (excludes halogenated alkanes) is 35. The van der Waals surface area contributed by atoms with Crippen LogP contribution < -0.4 is 0 Å². The first kappa shape index (κ1) is 65.4. The van der Waals surface area contributed by atoms with E-state index in [1.807, 2.05) is 0 Å². The van der Waals surface area contributed by atoms with Crippen LogP contribution in [0.25, 0.3) is 0 Å². The van der Waals surface area contributed by atoms with Crippen molar-refractivity contribution in [3.63, 3.8) is 0 Å². The number of allylic oxidation sites excluding steroid dienone is 8. The fraction of sp³-hybridized carbons (Fsp3) is 0.823. The van der Waals surface area contributed by atoms with Gasteiger partial charge in [0.25, 0.3) is 0 Å². The summed E-state index contributed by atoms with van der Waals surface area (Å²) in [5.74, 6) is -0.872. The van der Waals surface area contributed by atoms with E-state index >= 15 is 0 Å². The molecule has 6 nitrogen and oxygen atoms in total. The predicted octanol–water partition coefficient (Wildman–Crippen LogP) is 19.8. The second kappa shape index (κ2) is 57.0. The number of rotatable bonds is 54. The van der Waals surface area contributed by atoms with E-state index in [0.717, 1.165) is 83.5 Å². The maximum absolute atomic E-state index is 12.8. The maximum atomic E-state index is 12.8. The zero-order valence-electron chi connectivity index (χ0n) is 45.4. The molecule has 0 aromatic rings. The number of hydrogen-bond acceptors (Lipinski definition) is 6. The highest BCUT2D eigenvalue weighted by Gasteiger charge is 2.19. The van der Waals surface area contributed by atoms with E-state index in [1.54, 1.807) is 0 Å². The smallest absolute Gasteiger partial charge is 0.306 e. The van der Waals surface area contributed by atoms with E-state index < -0.39 is 6.10 Å². The Bertz CT molecular complexity index is 1190. The lowest BCUT2D eigenvalue weighted by molar-refractivity contribution is -0.167. The van der Waals surface area contributed by atoms with Crippen molar-refractivity contribution < 1.29 is 28.6 Å². The highest BCUT2D eigenvalue weighted by molar-refractivity contribution is 5.71. The van der Waals surface area contributed by atoms with E-state index in [0.29, 0.717) is 19.3 Å². The molecule has 0 rings (SSSR count). The summed E-state index contributed by atoms with van der Waals surface area (Å²) >= 11 is 0. The molecule has 0 N–H and O–H groups in total. The Balaban J connectivity index is 4.24. The van der Waals surface area contributed by atoms with Gasteiger partial charge < -0.3 is 14.2 Å². The molecule has 0 aromatic heterocycles. The summed E-state index contributed by atoms with van der Waals surface area (Å²) in [6.45, 7) is 6.54. The average molecular weight is 954 g/mol. The normalized spacial score (nSPS) is 12.3. The molecule has 0 bridgehead atoms. The lowest BCUT2D eigenvalue weighted by Gasteiger charge is -2.18. The summed E-state index contributed by atoms with van der Waals surface area (Å²) in [5, 5.41) is 0. The Kier molecular flexibility index (Phi) is 54.8. The molecule has 0 saturated carbocycles. The molecule has 0 aliphatic heterocycles. The fourth-order valence-electron chi connectivity index (χ4n) is 8.63. The van der Waals surface area contributed by atoms with E-state index in [2.05, 4.69) is 69.4 Å². The SMILES string of the molecule is CC/C=C\C/C=C\C/C=C\CCCCCCCCCC(=O)OC(COC(=O)CCCCCCCCCCCC)COC(=O)CCCCCCCCCCCCC/C=C\CCCCCCCCCC. The van der Waals surface area contributed by atoms with Crippen molar-refractivity contribution >= 4 is 17.9 Å². The van der Waals surface area contributed by atoms with Crippen molar-refractivity contribution in [1.29, 1.82) is 0 Å². The molecule has 0 aliphatic rings. The molecule has 0 saturated heterocycles. The van der Waals surface area contributed by atoms with Crippen LogP contribution in [0.4, 0.5) is 0 Å². The Morgan fingerprint density at radius 2 is 0.574 bits per heavy atom. The second-order valence-electron chi connectivity index (χ2n) is 19.9. The van der Waals surface area contributed by atoms with Crippen molar-refractivity contribution in [3.8, 4) is 0 Å². The maximum Gasteiger partial charge on any atom is 0.306 e.